The molecule has 0 rings (SSSR count). The molecule has 0 N–H and O–H groups in total. The third-order valence-corrected chi connectivity index (χ3v) is 3.94. The summed E-state index contributed by atoms with van der Waals surface area (Å²) in [5.74, 6) is 0. The molecule has 44 heavy (non-hydrogen) atoms. The standard InChI is InChI=1S/C16H36N.11CO.BrH.4Ir/c1-5-9-13-17(14-10-6-2,15-11-7-3)16-12-8-4;11*1-2;;;;;/h5-16H2,1-4H3;;;;;;;;;;;;1H;;;;/q+1;;;;;;;;;;;;;;;;/p-1. The van der Waals surface area contributed by atoms with Crippen molar-refractivity contribution < 1.29 is 153 Å². The number of rotatable bonds is 12. The normalized spacial score (nSPS) is 5.14. The molecule has 0 amide bonds. The third kappa shape index (κ3) is 176. The summed E-state index contributed by atoms with van der Waals surface area (Å²) in [5.41, 5.74) is 0. The van der Waals surface area contributed by atoms with E-state index in [-0.39, 0.29) is 97.4 Å². The second-order valence-electron chi connectivity index (χ2n) is 5.65. The molecule has 0 atom stereocenters. The van der Waals surface area contributed by atoms with Crippen molar-refractivity contribution in [2.24, 2.45) is 0 Å². The van der Waals surface area contributed by atoms with Gasteiger partial charge in [-0.2, -0.15) is 0 Å². The van der Waals surface area contributed by atoms with E-state index in [0.29, 0.717) is 0 Å². The minimum atomic E-state index is 0. The second kappa shape index (κ2) is 232. The monoisotopic (exact) mass is 1400 g/mol. The number of hydrogen-bond donors (Lipinski definition) is 0. The van der Waals surface area contributed by atoms with E-state index >= 15 is 0 Å². The van der Waals surface area contributed by atoms with E-state index in [9.17, 15) is 0 Å². The van der Waals surface area contributed by atoms with Crippen LogP contribution in [0.2, 0.25) is 0 Å². The predicted octanol–water partition coefficient (Wildman–Crippen LogP) is 1.58. The van der Waals surface area contributed by atoms with E-state index in [0.717, 1.165) is 0 Å². The largest absolute Gasteiger partial charge is 0 e. The van der Waals surface area contributed by atoms with Gasteiger partial charge in [0.1, 0.15) is 0 Å². The van der Waals surface area contributed by atoms with Gasteiger partial charge in [-0.3, -0.25) is 0 Å². The second-order valence-corrected chi connectivity index (χ2v) is 5.65. The van der Waals surface area contributed by atoms with Gasteiger partial charge in [0.2, 0.25) is 0 Å². The average molecular weight is 1400 g/mol. The van der Waals surface area contributed by atoms with Crippen molar-refractivity contribution in [1.82, 2.24) is 0 Å². The summed E-state index contributed by atoms with van der Waals surface area (Å²) < 4.78 is 83.9. The van der Waals surface area contributed by atoms with Gasteiger partial charge in [0, 0.05) is 80.4 Å². The van der Waals surface area contributed by atoms with Crippen LogP contribution in [0.4, 0.5) is 0 Å². The van der Waals surface area contributed by atoms with Gasteiger partial charge in [-0.25, -0.2) is 0 Å². The maximum absolute atomic E-state index is 7.50. The fraction of sp³-hybridized carbons (Fsp3) is 0.593. The molecule has 0 heterocycles. The summed E-state index contributed by atoms with van der Waals surface area (Å²) in [6.07, 6.45) is 11.1. The summed E-state index contributed by atoms with van der Waals surface area (Å²) in [6.45, 7) is 64.5. The molecule has 0 aromatic rings. The van der Waals surface area contributed by atoms with E-state index in [2.05, 4.69) is 101 Å². The number of halogens is 1. The molecule has 0 spiro atoms. The Balaban J connectivity index is -0.0000000154. The molecule has 0 aliphatic heterocycles. The maximum Gasteiger partial charge on any atom is 0 e. The van der Waals surface area contributed by atoms with Gasteiger partial charge in [0.15, 0.2) is 0 Å². The Morgan fingerprint density at radius 1 is 0.295 bits per heavy atom. The molecule has 17 heteroatoms. The van der Waals surface area contributed by atoms with Crippen LogP contribution in [0.1, 0.15) is 79.1 Å². The molecule has 258 valence electrons. The van der Waals surface area contributed by atoms with Crippen molar-refractivity contribution in [3.8, 4) is 0 Å². The number of quaternary nitrogens is 1. The maximum atomic E-state index is 7.50. The minimum absolute atomic E-state index is 0. The zero-order valence-corrected chi connectivity index (χ0v) is 35.8. The van der Waals surface area contributed by atoms with Gasteiger partial charge in [-0.1, -0.05) is 53.4 Å². The van der Waals surface area contributed by atoms with Crippen molar-refractivity contribution in [1.29, 1.82) is 0 Å². The van der Waals surface area contributed by atoms with E-state index in [1.54, 1.807) is 0 Å². The smallest absolute Gasteiger partial charge is 0 e. The number of nitrogens with zero attached hydrogens (tertiary/aromatic N) is 1. The average Bonchev–Trinajstić information content (AvgIpc) is 3.10. The Morgan fingerprint density at radius 3 is 0.455 bits per heavy atom. The Bertz CT molecular complexity index is 438. The molecule has 0 aliphatic carbocycles. The van der Waals surface area contributed by atoms with Crippen LogP contribution in [0.5, 0.6) is 0 Å². The zero-order valence-electron chi connectivity index (χ0n) is 24.6. The van der Waals surface area contributed by atoms with Gasteiger partial charge >= 0.3 is 124 Å². The minimum Gasteiger partial charge on any atom is 0 e. The van der Waals surface area contributed by atoms with Crippen LogP contribution in [0.15, 0.2) is 0 Å². The van der Waals surface area contributed by atoms with Crippen LogP contribution in [-0.4, -0.2) is 30.7 Å². The van der Waals surface area contributed by atoms with E-state index in [4.69, 9.17) is 51.2 Å². The molecule has 0 bridgehead atoms. The molecular weight excluding hydrogens is 1360 g/mol. The topological polar surface area (TPSA) is 219 Å². The summed E-state index contributed by atoms with van der Waals surface area (Å²) in [7, 11) is 0. The van der Waals surface area contributed by atoms with Crippen LogP contribution < -0.4 is 17.0 Å². The predicted molar refractivity (Wildman–Crippen MR) is 123 cm³/mol. The van der Waals surface area contributed by atoms with Crippen LogP contribution in [0, 0.1) is 73.2 Å². The van der Waals surface area contributed by atoms with Gasteiger partial charge in [0.05, 0.1) is 26.2 Å². The molecule has 0 saturated carbocycles. The first-order chi connectivity index (χ1) is 19.2. The number of hydrogen-bond acceptors (Lipinski definition) is 0. The molecule has 0 aromatic heterocycles. The third-order valence-electron chi connectivity index (χ3n) is 3.94. The van der Waals surface area contributed by atoms with E-state index < -0.39 is 0 Å². The van der Waals surface area contributed by atoms with Crippen molar-refractivity contribution >= 4 is 0 Å². The molecule has 4 radical (unpaired) electrons. The van der Waals surface area contributed by atoms with Crippen LogP contribution in [-0.2, 0) is 132 Å². The molecule has 0 fully saturated rings. The first kappa shape index (κ1) is 112. The fourth-order valence-electron chi connectivity index (χ4n) is 2.64. The SMILES string of the molecule is CCCC[N+](CCCC)(CCCC)CCCC.[Br-].[C-]#[O+].[C-]#[O+].[C-]#[O+].[C-]#[O+].[C-]#[O+].[C-]#[O+].[C-]#[O+].[C-]#[O+].[C-]#[O+].[C-]#[O+].[C-]#[O+].[Ir].[Ir].[Ir].[Ir]. The molecule has 12 nitrogen and oxygen atoms in total. The molecular formula is C27H36BrIr4NO11. The molecule has 0 aromatic carbocycles. The van der Waals surface area contributed by atoms with Gasteiger partial charge in [-0.15, -0.1) is 0 Å². The molecule has 0 aliphatic rings. The van der Waals surface area contributed by atoms with Gasteiger partial charge in [-0.05, 0) is 25.7 Å². The fourth-order valence-corrected chi connectivity index (χ4v) is 2.64. The van der Waals surface area contributed by atoms with Crippen molar-refractivity contribution in [3.63, 3.8) is 0 Å². The number of unbranched alkanes of at least 4 members (excludes halogenated alkanes) is 4. The quantitative estimate of drug-likeness (QED) is 0.155. The van der Waals surface area contributed by atoms with Crippen molar-refractivity contribution in [2.45, 2.75) is 79.1 Å². The first-order valence-corrected chi connectivity index (χ1v) is 10.3. The van der Waals surface area contributed by atoms with Crippen LogP contribution >= 0.6 is 0 Å². The van der Waals surface area contributed by atoms with Crippen LogP contribution in [0.25, 0.3) is 0 Å². The summed E-state index contributed by atoms with van der Waals surface area (Å²) in [5, 5.41) is 0. The summed E-state index contributed by atoms with van der Waals surface area (Å²) in [6, 6.07) is 0. The summed E-state index contributed by atoms with van der Waals surface area (Å²) >= 11 is 0. The van der Waals surface area contributed by atoms with Gasteiger partial charge < -0.3 is 21.5 Å². The molecule has 0 unspecified atom stereocenters. The Labute approximate surface area is 328 Å². The van der Waals surface area contributed by atoms with Crippen LogP contribution in [0.3, 0.4) is 0 Å². The Hall–Kier alpha value is 0.177. The Morgan fingerprint density at radius 2 is 0.386 bits per heavy atom. The zero-order chi connectivity index (χ0) is 35.0. The molecule has 0 saturated heterocycles. The summed E-state index contributed by atoms with van der Waals surface area (Å²) in [4.78, 5) is 0. The van der Waals surface area contributed by atoms with Crippen molar-refractivity contribution in [3.05, 3.63) is 73.2 Å². The van der Waals surface area contributed by atoms with Gasteiger partial charge in [0.25, 0.3) is 0 Å². The van der Waals surface area contributed by atoms with E-state index in [1.165, 1.54) is 82.0 Å². The Kier molecular flexibility index (Phi) is 589. The van der Waals surface area contributed by atoms with Crippen molar-refractivity contribution in [2.75, 3.05) is 26.2 Å². The first-order valence-electron chi connectivity index (χ1n) is 10.3. The van der Waals surface area contributed by atoms with E-state index in [1.807, 2.05) is 0 Å².